The maximum absolute atomic E-state index is 12.7. The summed E-state index contributed by atoms with van der Waals surface area (Å²) >= 11 is 0. The molecule has 1 aromatic rings. The quantitative estimate of drug-likeness (QED) is 0.514. The molecule has 3 aliphatic rings. The van der Waals surface area contributed by atoms with E-state index in [1.165, 1.54) is 18.4 Å². The van der Waals surface area contributed by atoms with Crippen molar-refractivity contribution in [2.75, 3.05) is 32.7 Å². The van der Waals surface area contributed by atoms with E-state index in [2.05, 4.69) is 6.08 Å². The number of carbonyl (C=O) groups is 3. The van der Waals surface area contributed by atoms with Crippen LogP contribution in [0.3, 0.4) is 0 Å². The van der Waals surface area contributed by atoms with Crippen LogP contribution in [0.2, 0.25) is 0 Å². The van der Waals surface area contributed by atoms with E-state index in [1.807, 2.05) is 35.2 Å². The number of benzene rings is 1. The third-order valence-corrected chi connectivity index (χ3v) is 6.47. The average molecular weight is 410 g/mol. The van der Waals surface area contributed by atoms with Crippen LogP contribution in [-0.4, -0.2) is 65.1 Å². The second kappa shape index (κ2) is 9.45. The van der Waals surface area contributed by atoms with Crippen molar-refractivity contribution in [3.8, 4) is 0 Å². The molecule has 30 heavy (non-hydrogen) atoms. The SMILES string of the molecule is O=C1CC(CN2CCN(CCC3=CCCCC3)C(=O)C2=O)CN1Cc1ccccc1. The zero-order chi connectivity index (χ0) is 20.9. The molecule has 3 amide bonds. The van der Waals surface area contributed by atoms with E-state index in [0.717, 1.165) is 24.8 Å². The molecule has 2 fully saturated rings. The fraction of sp³-hybridized carbons (Fsp3) is 0.542. The van der Waals surface area contributed by atoms with Crippen LogP contribution in [0.5, 0.6) is 0 Å². The molecule has 0 saturated carbocycles. The molecule has 0 N–H and O–H groups in total. The number of hydrogen-bond acceptors (Lipinski definition) is 3. The minimum Gasteiger partial charge on any atom is -0.338 e. The van der Waals surface area contributed by atoms with Gasteiger partial charge in [-0.1, -0.05) is 42.0 Å². The van der Waals surface area contributed by atoms with Crippen molar-refractivity contribution in [1.82, 2.24) is 14.7 Å². The number of nitrogens with zero attached hydrogens (tertiary/aromatic N) is 3. The summed E-state index contributed by atoms with van der Waals surface area (Å²) in [5.74, 6) is -0.574. The van der Waals surface area contributed by atoms with Crippen molar-refractivity contribution in [3.63, 3.8) is 0 Å². The highest BCUT2D eigenvalue weighted by Crippen LogP contribution is 2.23. The molecule has 4 rings (SSSR count). The van der Waals surface area contributed by atoms with Gasteiger partial charge >= 0.3 is 11.8 Å². The van der Waals surface area contributed by atoms with Gasteiger partial charge < -0.3 is 14.7 Å². The lowest BCUT2D eigenvalue weighted by atomic mass is 9.97. The van der Waals surface area contributed by atoms with Gasteiger partial charge in [0.25, 0.3) is 0 Å². The maximum Gasteiger partial charge on any atom is 0.312 e. The predicted octanol–water partition coefficient (Wildman–Crippen LogP) is 2.60. The average Bonchev–Trinajstić information content (AvgIpc) is 3.11. The molecular weight excluding hydrogens is 378 g/mol. The fourth-order valence-electron chi connectivity index (χ4n) is 4.76. The highest BCUT2D eigenvalue weighted by atomic mass is 16.2. The molecular formula is C24H31N3O3. The van der Waals surface area contributed by atoms with E-state index < -0.39 is 5.91 Å². The predicted molar refractivity (Wildman–Crippen MR) is 114 cm³/mol. The van der Waals surface area contributed by atoms with E-state index in [4.69, 9.17) is 0 Å². The molecule has 6 heteroatoms. The number of hydrogen-bond donors (Lipinski definition) is 0. The highest BCUT2D eigenvalue weighted by Gasteiger charge is 2.36. The van der Waals surface area contributed by atoms with Crippen LogP contribution >= 0.6 is 0 Å². The Hall–Kier alpha value is -2.63. The second-order valence-electron chi connectivity index (χ2n) is 8.73. The summed E-state index contributed by atoms with van der Waals surface area (Å²) in [5.41, 5.74) is 2.53. The number of piperazine rings is 1. The smallest absolute Gasteiger partial charge is 0.312 e. The first-order valence-corrected chi connectivity index (χ1v) is 11.2. The van der Waals surface area contributed by atoms with Crippen molar-refractivity contribution < 1.29 is 14.4 Å². The number of carbonyl (C=O) groups excluding carboxylic acids is 3. The summed E-state index contributed by atoms with van der Waals surface area (Å²) in [4.78, 5) is 42.9. The molecule has 1 unspecified atom stereocenters. The Morgan fingerprint density at radius 1 is 0.900 bits per heavy atom. The van der Waals surface area contributed by atoms with Gasteiger partial charge in [-0.2, -0.15) is 0 Å². The van der Waals surface area contributed by atoms with Gasteiger partial charge in [-0.05, 0) is 37.7 Å². The van der Waals surface area contributed by atoms with E-state index in [0.29, 0.717) is 45.7 Å². The summed E-state index contributed by atoms with van der Waals surface area (Å²) < 4.78 is 0. The summed E-state index contributed by atoms with van der Waals surface area (Å²) in [6.45, 7) is 3.52. The van der Waals surface area contributed by atoms with Gasteiger partial charge in [0.1, 0.15) is 0 Å². The maximum atomic E-state index is 12.7. The molecule has 0 spiro atoms. The zero-order valence-electron chi connectivity index (χ0n) is 17.6. The largest absolute Gasteiger partial charge is 0.338 e. The summed E-state index contributed by atoms with van der Waals surface area (Å²) in [5, 5.41) is 0. The first-order chi connectivity index (χ1) is 14.6. The number of allylic oxidation sites excluding steroid dienone is 1. The molecule has 160 valence electrons. The Bertz CT molecular complexity index is 820. The van der Waals surface area contributed by atoms with Crippen molar-refractivity contribution in [2.45, 2.75) is 45.1 Å². The zero-order valence-corrected chi connectivity index (χ0v) is 17.6. The first kappa shape index (κ1) is 20.6. The third-order valence-electron chi connectivity index (χ3n) is 6.47. The normalized spacial score (nSPS) is 22.7. The highest BCUT2D eigenvalue weighted by molar-refractivity contribution is 6.35. The molecule has 1 aromatic carbocycles. The van der Waals surface area contributed by atoms with Gasteiger partial charge in [0.15, 0.2) is 0 Å². The van der Waals surface area contributed by atoms with Crippen molar-refractivity contribution in [3.05, 3.63) is 47.5 Å². The number of rotatable bonds is 7. The van der Waals surface area contributed by atoms with Gasteiger partial charge in [0.05, 0.1) is 0 Å². The van der Waals surface area contributed by atoms with E-state index in [-0.39, 0.29) is 17.7 Å². The minimum atomic E-state index is -0.409. The molecule has 1 aliphatic carbocycles. The van der Waals surface area contributed by atoms with Crippen molar-refractivity contribution in [2.24, 2.45) is 5.92 Å². The van der Waals surface area contributed by atoms with E-state index in [1.54, 1.807) is 9.80 Å². The number of amides is 3. The topological polar surface area (TPSA) is 60.9 Å². The van der Waals surface area contributed by atoms with E-state index in [9.17, 15) is 14.4 Å². The van der Waals surface area contributed by atoms with Gasteiger partial charge in [-0.3, -0.25) is 14.4 Å². The lowest BCUT2D eigenvalue weighted by Gasteiger charge is -2.35. The fourth-order valence-corrected chi connectivity index (χ4v) is 4.76. The Balaban J connectivity index is 1.26. The minimum absolute atomic E-state index is 0.0944. The van der Waals surface area contributed by atoms with Gasteiger partial charge in [-0.15, -0.1) is 0 Å². The van der Waals surface area contributed by atoms with Crippen molar-refractivity contribution in [1.29, 1.82) is 0 Å². The molecule has 2 saturated heterocycles. The van der Waals surface area contributed by atoms with Crippen molar-refractivity contribution >= 4 is 17.7 Å². The molecule has 0 aromatic heterocycles. The Labute approximate surface area is 178 Å². The molecule has 2 aliphatic heterocycles. The Morgan fingerprint density at radius 3 is 2.43 bits per heavy atom. The van der Waals surface area contributed by atoms with Gasteiger partial charge in [0.2, 0.25) is 5.91 Å². The van der Waals surface area contributed by atoms with Crippen LogP contribution in [0.15, 0.2) is 42.0 Å². The Kier molecular flexibility index (Phi) is 6.50. The van der Waals surface area contributed by atoms with Crippen LogP contribution in [0.25, 0.3) is 0 Å². The number of likely N-dealkylation sites (tertiary alicyclic amines) is 1. The molecule has 2 heterocycles. The van der Waals surface area contributed by atoms with Crippen LogP contribution in [-0.2, 0) is 20.9 Å². The summed E-state index contributed by atoms with van der Waals surface area (Å²) in [6, 6.07) is 9.95. The third kappa shape index (κ3) is 4.91. The summed E-state index contributed by atoms with van der Waals surface area (Å²) in [7, 11) is 0. The monoisotopic (exact) mass is 409 g/mol. The molecule has 1 atom stereocenters. The van der Waals surface area contributed by atoms with Gasteiger partial charge in [0, 0.05) is 51.6 Å². The second-order valence-corrected chi connectivity index (χ2v) is 8.73. The van der Waals surface area contributed by atoms with Crippen LogP contribution in [0, 0.1) is 5.92 Å². The van der Waals surface area contributed by atoms with Crippen LogP contribution < -0.4 is 0 Å². The molecule has 0 radical (unpaired) electrons. The molecule has 6 nitrogen and oxygen atoms in total. The molecule has 0 bridgehead atoms. The van der Waals surface area contributed by atoms with E-state index >= 15 is 0 Å². The van der Waals surface area contributed by atoms with Crippen LogP contribution in [0.4, 0.5) is 0 Å². The summed E-state index contributed by atoms with van der Waals surface area (Å²) in [6.07, 6.45) is 8.37. The lowest BCUT2D eigenvalue weighted by molar-refractivity contribution is -0.156. The Morgan fingerprint density at radius 2 is 1.67 bits per heavy atom. The van der Waals surface area contributed by atoms with Crippen LogP contribution in [0.1, 0.15) is 44.1 Å². The van der Waals surface area contributed by atoms with Gasteiger partial charge in [-0.25, -0.2) is 0 Å². The standard InChI is InChI=1S/C24H31N3O3/c28-22-15-21(18-27(22)16-20-9-5-2-6-10-20)17-26-14-13-25(23(29)24(26)30)12-11-19-7-3-1-4-8-19/h2,5-7,9-10,21H,1,3-4,8,11-18H2. The first-order valence-electron chi connectivity index (χ1n) is 11.2. The lowest BCUT2D eigenvalue weighted by Crippen LogP contribution is -2.55.